The Balaban J connectivity index is 1.88. The molecule has 0 saturated heterocycles. The molecule has 19 heavy (non-hydrogen) atoms. The summed E-state index contributed by atoms with van der Waals surface area (Å²) < 4.78 is 0. The lowest BCUT2D eigenvalue weighted by Crippen LogP contribution is -2.28. The molecule has 1 aliphatic carbocycles. The normalized spacial score (nSPS) is 14.8. The molecule has 3 heteroatoms. The maximum absolute atomic E-state index is 12.0. The number of nitrogens with two attached hydrogens (primary N) is 1. The molecule has 3 N–H and O–H groups in total. The predicted octanol–water partition coefficient (Wildman–Crippen LogP) is 1.92. The molecule has 1 aliphatic rings. The Hall–Kier alpha value is -1.79. The van der Waals surface area contributed by atoms with Crippen LogP contribution in [0.3, 0.4) is 0 Å². The molecule has 0 aromatic heterocycles. The summed E-state index contributed by atoms with van der Waals surface area (Å²) in [6.07, 6.45) is 5.09. The second-order valence-corrected chi connectivity index (χ2v) is 4.94. The van der Waals surface area contributed by atoms with Crippen molar-refractivity contribution < 1.29 is 4.79 Å². The number of benzene rings is 1. The number of carbonyl (C=O) groups is 1. The van der Waals surface area contributed by atoms with Gasteiger partial charge in [0.1, 0.15) is 0 Å². The van der Waals surface area contributed by atoms with Gasteiger partial charge in [0.2, 0.25) is 0 Å². The third-order valence-corrected chi connectivity index (χ3v) is 3.51. The Kier molecular flexibility index (Phi) is 5.00. The van der Waals surface area contributed by atoms with E-state index in [1.165, 1.54) is 25.7 Å². The lowest BCUT2D eigenvalue weighted by atomic mass is 10.1. The van der Waals surface area contributed by atoms with Gasteiger partial charge in [0.25, 0.3) is 5.91 Å². The van der Waals surface area contributed by atoms with Gasteiger partial charge < -0.3 is 11.1 Å². The van der Waals surface area contributed by atoms with E-state index in [2.05, 4.69) is 17.2 Å². The number of nitrogens with one attached hydrogen (secondary N) is 1. The highest BCUT2D eigenvalue weighted by molar-refractivity contribution is 5.94. The standard InChI is InChI=1S/C16H20N2O/c17-11-3-6-13-7-9-15(10-8-13)16(19)18-12-14-4-1-2-5-14/h7-10,14H,1-2,4-5,11-12,17H2,(H,18,19). The molecule has 0 heterocycles. The molecule has 0 atom stereocenters. The number of carbonyl (C=O) groups excluding carboxylic acids is 1. The first-order valence-corrected chi connectivity index (χ1v) is 6.87. The zero-order valence-corrected chi connectivity index (χ0v) is 11.1. The Morgan fingerprint density at radius 1 is 1.26 bits per heavy atom. The summed E-state index contributed by atoms with van der Waals surface area (Å²) in [6.45, 7) is 1.15. The highest BCUT2D eigenvalue weighted by Gasteiger charge is 2.15. The summed E-state index contributed by atoms with van der Waals surface area (Å²) in [5, 5.41) is 3.01. The number of hydrogen-bond acceptors (Lipinski definition) is 2. The number of hydrogen-bond donors (Lipinski definition) is 2. The lowest BCUT2D eigenvalue weighted by Gasteiger charge is -2.10. The maximum atomic E-state index is 12.0. The monoisotopic (exact) mass is 256 g/mol. The van der Waals surface area contributed by atoms with Gasteiger partial charge in [-0.15, -0.1) is 0 Å². The maximum Gasteiger partial charge on any atom is 0.251 e. The molecule has 3 nitrogen and oxygen atoms in total. The molecule has 0 radical (unpaired) electrons. The van der Waals surface area contributed by atoms with Gasteiger partial charge in [-0.05, 0) is 43.0 Å². The predicted molar refractivity (Wildman–Crippen MR) is 76.7 cm³/mol. The van der Waals surface area contributed by atoms with Gasteiger partial charge in [0.15, 0.2) is 0 Å². The average Bonchev–Trinajstić information content (AvgIpc) is 2.96. The van der Waals surface area contributed by atoms with Crippen molar-refractivity contribution in [1.29, 1.82) is 0 Å². The van der Waals surface area contributed by atoms with Gasteiger partial charge in [-0.1, -0.05) is 24.7 Å². The molecule has 2 rings (SSSR count). The fourth-order valence-electron chi connectivity index (χ4n) is 2.41. The molecule has 1 fully saturated rings. The minimum atomic E-state index is 0.00485. The van der Waals surface area contributed by atoms with Crippen molar-refractivity contribution in [3.8, 4) is 11.8 Å². The van der Waals surface area contributed by atoms with E-state index in [1.54, 1.807) is 0 Å². The van der Waals surface area contributed by atoms with E-state index in [1.807, 2.05) is 24.3 Å². The van der Waals surface area contributed by atoms with Crippen molar-refractivity contribution in [3.05, 3.63) is 35.4 Å². The van der Waals surface area contributed by atoms with Crippen molar-refractivity contribution in [1.82, 2.24) is 5.32 Å². The van der Waals surface area contributed by atoms with Crippen LogP contribution in [-0.4, -0.2) is 19.0 Å². The second kappa shape index (κ2) is 6.96. The van der Waals surface area contributed by atoms with E-state index in [4.69, 9.17) is 5.73 Å². The summed E-state index contributed by atoms with van der Waals surface area (Å²) >= 11 is 0. The van der Waals surface area contributed by atoms with Crippen LogP contribution in [0.1, 0.15) is 41.6 Å². The molecule has 100 valence electrons. The quantitative estimate of drug-likeness (QED) is 0.812. The Labute approximate surface area is 114 Å². The molecule has 1 saturated carbocycles. The summed E-state index contributed by atoms with van der Waals surface area (Å²) in [6, 6.07) is 7.33. The summed E-state index contributed by atoms with van der Waals surface area (Å²) in [7, 11) is 0. The number of rotatable bonds is 3. The molecule has 0 unspecified atom stereocenters. The lowest BCUT2D eigenvalue weighted by molar-refractivity contribution is 0.0947. The highest BCUT2D eigenvalue weighted by Crippen LogP contribution is 2.23. The van der Waals surface area contributed by atoms with Crippen LogP contribution in [0.2, 0.25) is 0 Å². The topological polar surface area (TPSA) is 55.1 Å². The fraction of sp³-hybridized carbons (Fsp3) is 0.438. The summed E-state index contributed by atoms with van der Waals surface area (Å²) in [5.74, 6) is 6.40. The van der Waals surface area contributed by atoms with Gasteiger partial charge >= 0.3 is 0 Å². The van der Waals surface area contributed by atoms with E-state index in [0.29, 0.717) is 18.0 Å². The van der Waals surface area contributed by atoms with Crippen LogP contribution in [0, 0.1) is 17.8 Å². The molecule has 0 aliphatic heterocycles. The van der Waals surface area contributed by atoms with Gasteiger partial charge in [-0.2, -0.15) is 0 Å². The zero-order chi connectivity index (χ0) is 13.5. The third-order valence-electron chi connectivity index (χ3n) is 3.51. The van der Waals surface area contributed by atoms with E-state index in [0.717, 1.165) is 12.1 Å². The van der Waals surface area contributed by atoms with Crippen LogP contribution >= 0.6 is 0 Å². The fourth-order valence-corrected chi connectivity index (χ4v) is 2.41. The Morgan fingerprint density at radius 2 is 1.95 bits per heavy atom. The first kappa shape index (κ1) is 13.6. The highest BCUT2D eigenvalue weighted by atomic mass is 16.1. The molecular weight excluding hydrogens is 236 g/mol. The third kappa shape index (κ3) is 4.11. The molecule has 1 aromatic carbocycles. The van der Waals surface area contributed by atoms with Crippen LogP contribution in [0.4, 0.5) is 0 Å². The molecule has 1 amide bonds. The van der Waals surface area contributed by atoms with Crippen LogP contribution in [0.5, 0.6) is 0 Å². The minimum absolute atomic E-state index is 0.00485. The van der Waals surface area contributed by atoms with Gasteiger partial charge in [-0.25, -0.2) is 0 Å². The smallest absolute Gasteiger partial charge is 0.251 e. The second-order valence-electron chi connectivity index (χ2n) is 4.94. The zero-order valence-electron chi connectivity index (χ0n) is 11.1. The SMILES string of the molecule is NCC#Cc1ccc(C(=O)NCC2CCCC2)cc1. The van der Waals surface area contributed by atoms with Gasteiger partial charge in [0.05, 0.1) is 6.54 Å². The van der Waals surface area contributed by atoms with Crippen molar-refractivity contribution in [2.24, 2.45) is 11.7 Å². The van der Waals surface area contributed by atoms with E-state index >= 15 is 0 Å². The largest absolute Gasteiger partial charge is 0.352 e. The number of amides is 1. The van der Waals surface area contributed by atoms with Crippen LogP contribution in [-0.2, 0) is 0 Å². The van der Waals surface area contributed by atoms with Crippen molar-refractivity contribution in [2.45, 2.75) is 25.7 Å². The van der Waals surface area contributed by atoms with E-state index in [-0.39, 0.29) is 5.91 Å². The van der Waals surface area contributed by atoms with Crippen LogP contribution < -0.4 is 11.1 Å². The van der Waals surface area contributed by atoms with Crippen LogP contribution in [0.25, 0.3) is 0 Å². The Morgan fingerprint density at radius 3 is 2.58 bits per heavy atom. The molecule has 0 spiro atoms. The first-order chi connectivity index (χ1) is 9.29. The minimum Gasteiger partial charge on any atom is -0.352 e. The van der Waals surface area contributed by atoms with E-state index < -0.39 is 0 Å². The molecule has 1 aromatic rings. The van der Waals surface area contributed by atoms with Crippen molar-refractivity contribution >= 4 is 5.91 Å². The summed E-state index contributed by atoms with van der Waals surface area (Å²) in [4.78, 5) is 12.0. The average molecular weight is 256 g/mol. The van der Waals surface area contributed by atoms with Gasteiger partial charge in [0, 0.05) is 17.7 Å². The molecule has 0 bridgehead atoms. The molecular formula is C16H20N2O. The van der Waals surface area contributed by atoms with Crippen LogP contribution in [0.15, 0.2) is 24.3 Å². The Bertz CT molecular complexity index is 476. The van der Waals surface area contributed by atoms with Gasteiger partial charge in [-0.3, -0.25) is 4.79 Å². The van der Waals surface area contributed by atoms with Crippen molar-refractivity contribution in [2.75, 3.05) is 13.1 Å². The van der Waals surface area contributed by atoms with E-state index in [9.17, 15) is 4.79 Å². The summed E-state index contributed by atoms with van der Waals surface area (Å²) in [5.41, 5.74) is 6.89. The first-order valence-electron chi connectivity index (χ1n) is 6.87. The van der Waals surface area contributed by atoms with Crippen molar-refractivity contribution in [3.63, 3.8) is 0 Å².